The Kier molecular flexibility index (Phi) is 6.32. The van der Waals surface area contributed by atoms with E-state index in [4.69, 9.17) is 11.5 Å². The van der Waals surface area contributed by atoms with Gasteiger partial charge >= 0.3 is 0 Å². The van der Waals surface area contributed by atoms with Gasteiger partial charge in [0.15, 0.2) is 0 Å². The Morgan fingerprint density at radius 2 is 1.36 bits per heavy atom. The zero-order chi connectivity index (χ0) is 15.8. The first kappa shape index (κ1) is 16.4. The van der Waals surface area contributed by atoms with E-state index >= 15 is 0 Å². The van der Waals surface area contributed by atoms with Gasteiger partial charge in [-0.25, -0.2) is 0 Å². The van der Waals surface area contributed by atoms with Crippen LogP contribution in [-0.4, -0.2) is 0 Å². The van der Waals surface area contributed by atoms with Crippen LogP contribution in [0.3, 0.4) is 0 Å². The van der Waals surface area contributed by atoms with Gasteiger partial charge in [0.05, 0.1) is 0 Å². The van der Waals surface area contributed by atoms with E-state index in [9.17, 15) is 0 Å². The topological polar surface area (TPSA) is 52.0 Å². The van der Waals surface area contributed by atoms with Crippen molar-refractivity contribution in [2.75, 3.05) is 11.5 Å². The predicted octanol–water partition coefficient (Wildman–Crippen LogP) is 5.42. The van der Waals surface area contributed by atoms with E-state index in [1.54, 1.807) is 0 Å². The van der Waals surface area contributed by atoms with Crippen LogP contribution in [0.2, 0.25) is 0 Å². The van der Waals surface area contributed by atoms with Crippen LogP contribution < -0.4 is 11.5 Å². The van der Waals surface area contributed by atoms with Crippen molar-refractivity contribution in [1.29, 1.82) is 0 Å². The van der Waals surface area contributed by atoms with Crippen molar-refractivity contribution in [3.05, 3.63) is 48.0 Å². The SMILES string of the molecule is CCCCCCCCc1c(N)ccc(N)c1-c1ccccc1. The fourth-order valence-electron chi connectivity index (χ4n) is 2.98. The van der Waals surface area contributed by atoms with Crippen LogP contribution in [0.4, 0.5) is 11.4 Å². The van der Waals surface area contributed by atoms with Crippen molar-refractivity contribution < 1.29 is 0 Å². The predicted molar refractivity (Wildman–Crippen MR) is 97.8 cm³/mol. The second-order valence-corrected chi connectivity index (χ2v) is 5.98. The number of anilines is 2. The van der Waals surface area contributed by atoms with Crippen LogP contribution in [0.25, 0.3) is 11.1 Å². The molecular weight excluding hydrogens is 268 g/mol. The number of nitrogen functional groups attached to an aromatic ring is 2. The Hall–Kier alpha value is -1.96. The molecule has 0 radical (unpaired) electrons. The number of hydrogen-bond donors (Lipinski definition) is 2. The van der Waals surface area contributed by atoms with Gasteiger partial charge < -0.3 is 11.5 Å². The van der Waals surface area contributed by atoms with E-state index < -0.39 is 0 Å². The molecule has 0 aliphatic rings. The highest BCUT2D eigenvalue weighted by molar-refractivity contribution is 5.83. The van der Waals surface area contributed by atoms with Crippen LogP contribution in [0, 0.1) is 0 Å². The van der Waals surface area contributed by atoms with E-state index in [0.717, 1.165) is 28.9 Å². The summed E-state index contributed by atoms with van der Waals surface area (Å²) in [6, 6.07) is 14.2. The van der Waals surface area contributed by atoms with Gasteiger partial charge in [0.1, 0.15) is 0 Å². The monoisotopic (exact) mass is 296 g/mol. The summed E-state index contributed by atoms with van der Waals surface area (Å²) in [6.07, 6.45) is 8.74. The number of rotatable bonds is 8. The molecule has 0 fully saturated rings. The summed E-state index contributed by atoms with van der Waals surface area (Å²) in [4.78, 5) is 0. The van der Waals surface area contributed by atoms with E-state index in [1.165, 1.54) is 44.1 Å². The Morgan fingerprint density at radius 1 is 0.727 bits per heavy atom. The van der Waals surface area contributed by atoms with Gasteiger partial charge in [0.25, 0.3) is 0 Å². The number of hydrogen-bond acceptors (Lipinski definition) is 2. The standard InChI is InChI=1S/C20H28N2/c1-2-3-4-5-6-10-13-17-18(21)14-15-19(22)20(17)16-11-8-7-9-12-16/h7-9,11-12,14-15H,2-6,10,13,21-22H2,1H3. The third kappa shape index (κ3) is 4.27. The van der Waals surface area contributed by atoms with Gasteiger partial charge in [-0.05, 0) is 36.1 Å². The molecule has 2 aromatic carbocycles. The molecule has 0 spiro atoms. The molecule has 2 rings (SSSR count). The number of unbranched alkanes of at least 4 members (excludes halogenated alkanes) is 5. The minimum Gasteiger partial charge on any atom is -0.398 e. The van der Waals surface area contributed by atoms with E-state index in [2.05, 4.69) is 19.1 Å². The highest BCUT2D eigenvalue weighted by Gasteiger charge is 2.11. The van der Waals surface area contributed by atoms with Gasteiger partial charge in [-0.3, -0.25) is 0 Å². The van der Waals surface area contributed by atoms with Gasteiger partial charge in [-0.15, -0.1) is 0 Å². The third-order valence-electron chi connectivity index (χ3n) is 4.22. The van der Waals surface area contributed by atoms with Crippen molar-refractivity contribution in [1.82, 2.24) is 0 Å². The lowest BCUT2D eigenvalue weighted by atomic mass is 9.92. The van der Waals surface area contributed by atoms with Crippen molar-refractivity contribution in [2.24, 2.45) is 0 Å². The Balaban J connectivity index is 2.11. The highest BCUT2D eigenvalue weighted by Crippen LogP contribution is 2.34. The molecule has 4 N–H and O–H groups in total. The molecule has 2 aromatic rings. The maximum Gasteiger partial charge on any atom is 0.0398 e. The summed E-state index contributed by atoms with van der Waals surface area (Å²) in [5.74, 6) is 0. The molecule has 0 aliphatic carbocycles. The molecular formula is C20H28N2. The van der Waals surface area contributed by atoms with Gasteiger partial charge in [-0.1, -0.05) is 69.4 Å². The molecule has 0 saturated carbocycles. The maximum absolute atomic E-state index is 6.24. The molecule has 118 valence electrons. The summed E-state index contributed by atoms with van der Waals surface area (Å²) < 4.78 is 0. The number of nitrogens with two attached hydrogens (primary N) is 2. The van der Waals surface area contributed by atoms with Gasteiger partial charge in [0, 0.05) is 16.9 Å². The lowest BCUT2D eigenvalue weighted by molar-refractivity contribution is 0.608. The molecule has 0 heterocycles. The summed E-state index contributed by atoms with van der Waals surface area (Å²) in [7, 11) is 0. The van der Waals surface area contributed by atoms with Gasteiger partial charge in [0.2, 0.25) is 0 Å². The Labute approximate surface area is 134 Å². The Morgan fingerprint density at radius 3 is 2.09 bits per heavy atom. The van der Waals surface area contributed by atoms with Crippen LogP contribution in [0.5, 0.6) is 0 Å². The maximum atomic E-state index is 6.24. The molecule has 22 heavy (non-hydrogen) atoms. The average Bonchev–Trinajstić information content (AvgIpc) is 2.54. The molecule has 0 saturated heterocycles. The zero-order valence-corrected chi connectivity index (χ0v) is 13.6. The Bertz CT molecular complexity index is 576. The fraction of sp³-hybridized carbons (Fsp3) is 0.400. The summed E-state index contributed by atoms with van der Waals surface area (Å²) in [5, 5.41) is 0. The van der Waals surface area contributed by atoms with E-state index in [-0.39, 0.29) is 0 Å². The summed E-state index contributed by atoms with van der Waals surface area (Å²) in [5.41, 5.74) is 17.6. The van der Waals surface area contributed by atoms with Crippen LogP contribution >= 0.6 is 0 Å². The number of benzene rings is 2. The highest BCUT2D eigenvalue weighted by atomic mass is 14.6. The largest absolute Gasteiger partial charge is 0.398 e. The second-order valence-electron chi connectivity index (χ2n) is 5.98. The zero-order valence-electron chi connectivity index (χ0n) is 13.6. The molecule has 0 atom stereocenters. The molecule has 0 amide bonds. The minimum atomic E-state index is 0.821. The second kappa shape index (κ2) is 8.47. The third-order valence-corrected chi connectivity index (χ3v) is 4.22. The lowest BCUT2D eigenvalue weighted by Gasteiger charge is -2.15. The average molecular weight is 296 g/mol. The molecule has 2 nitrogen and oxygen atoms in total. The lowest BCUT2D eigenvalue weighted by Crippen LogP contribution is -2.02. The molecule has 2 heteroatoms. The van der Waals surface area contributed by atoms with E-state index in [0.29, 0.717) is 0 Å². The first-order valence-corrected chi connectivity index (χ1v) is 8.46. The first-order valence-electron chi connectivity index (χ1n) is 8.46. The summed E-state index contributed by atoms with van der Waals surface area (Å²) in [6.45, 7) is 2.25. The molecule has 0 bridgehead atoms. The van der Waals surface area contributed by atoms with Gasteiger partial charge in [-0.2, -0.15) is 0 Å². The van der Waals surface area contributed by atoms with Crippen LogP contribution in [0.1, 0.15) is 51.0 Å². The van der Waals surface area contributed by atoms with Crippen molar-refractivity contribution in [3.8, 4) is 11.1 Å². The first-order chi connectivity index (χ1) is 10.7. The van der Waals surface area contributed by atoms with Crippen molar-refractivity contribution >= 4 is 11.4 Å². The molecule has 0 aliphatic heterocycles. The molecule has 0 aromatic heterocycles. The molecule has 0 unspecified atom stereocenters. The summed E-state index contributed by atoms with van der Waals surface area (Å²) >= 11 is 0. The fourth-order valence-corrected chi connectivity index (χ4v) is 2.98. The van der Waals surface area contributed by atoms with Crippen LogP contribution in [0.15, 0.2) is 42.5 Å². The van der Waals surface area contributed by atoms with Crippen molar-refractivity contribution in [3.63, 3.8) is 0 Å². The van der Waals surface area contributed by atoms with E-state index in [1.807, 2.05) is 30.3 Å². The quantitative estimate of drug-likeness (QED) is 0.504. The van der Waals surface area contributed by atoms with Crippen molar-refractivity contribution in [2.45, 2.75) is 51.9 Å². The van der Waals surface area contributed by atoms with Crippen LogP contribution in [-0.2, 0) is 6.42 Å². The smallest absolute Gasteiger partial charge is 0.0398 e. The minimum absolute atomic E-state index is 0.821. The normalized spacial score (nSPS) is 10.8.